The summed E-state index contributed by atoms with van der Waals surface area (Å²) >= 11 is 0. The summed E-state index contributed by atoms with van der Waals surface area (Å²) in [7, 11) is 0. The fourth-order valence-corrected chi connectivity index (χ4v) is 3.07. The molecule has 2 heterocycles. The van der Waals surface area contributed by atoms with Crippen LogP contribution < -0.4 is 5.73 Å². The van der Waals surface area contributed by atoms with E-state index in [1.54, 1.807) is 6.20 Å². The summed E-state index contributed by atoms with van der Waals surface area (Å²) in [5.41, 5.74) is 9.86. The summed E-state index contributed by atoms with van der Waals surface area (Å²) in [6.07, 6.45) is 1.79. The topological polar surface area (TPSA) is 91.4 Å². The molecule has 0 saturated carbocycles. The largest absolute Gasteiger partial charge is 0.383 e. The molecule has 0 spiro atoms. The number of nitriles is 2. The van der Waals surface area contributed by atoms with Crippen LogP contribution in [0, 0.1) is 29.6 Å². The number of anilines is 1. The van der Waals surface area contributed by atoms with E-state index in [4.69, 9.17) is 5.73 Å². The molecule has 0 fully saturated rings. The number of aryl methyl sites for hydroxylation is 1. The van der Waals surface area contributed by atoms with Crippen LogP contribution in [-0.4, -0.2) is 9.55 Å². The molecule has 3 aromatic rings. The van der Waals surface area contributed by atoms with Crippen molar-refractivity contribution in [2.45, 2.75) is 33.2 Å². The molecule has 0 radical (unpaired) electrons. The first kappa shape index (κ1) is 16.5. The maximum atomic E-state index is 9.67. The zero-order valence-electron chi connectivity index (χ0n) is 14.8. The second kappa shape index (κ2) is 5.65. The predicted molar refractivity (Wildman–Crippen MR) is 98.7 cm³/mol. The third-order valence-corrected chi connectivity index (χ3v) is 4.22. The summed E-state index contributed by atoms with van der Waals surface area (Å²) in [6.45, 7) is 8.10. The quantitative estimate of drug-likeness (QED) is 0.727. The van der Waals surface area contributed by atoms with Crippen LogP contribution in [0.5, 0.6) is 0 Å². The number of nitrogens with zero attached hydrogens (tertiary/aromatic N) is 4. The highest BCUT2D eigenvalue weighted by Gasteiger charge is 2.25. The van der Waals surface area contributed by atoms with E-state index in [2.05, 4.69) is 17.1 Å². The molecule has 5 nitrogen and oxygen atoms in total. The van der Waals surface area contributed by atoms with E-state index in [-0.39, 0.29) is 11.4 Å². The fraction of sp³-hybridized carbons (Fsp3) is 0.250. The van der Waals surface area contributed by atoms with Gasteiger partial charge in [0.05, 0.1) is 5.56 Å². The second-order valence-electron chi connectivity index (χ2n) is 7.12. The molecule has 3 rings (SSSR count). The lowest BCUT2D eigenvalue weighted by Crippen LogP contribution is -2.21. The van der Waals surface area contributed by atoms with Crippen molar-refractivity contribution < 1.29 is 0 Å². The summed E-state index contributed by atoms with van der Waals surface area (Å²) < 4.78 is 1.94. The number of hydrogen-bond donors (Lipinski definition) is 1. The Hall–Kier alpha value is -3.31. The van der Waals surface area contributed by atoms with E-state index in [1.165, 1.54) is 0 Å². The molecule has 0 bridgehead atoms. The van der Waals surface area contributed by atoms with E-state index < -0.39 is 0 Å². The van der Waals surface area contributed by atoms with E-state index in [9.17, 15) is 10.5 Å². The molecule has 0 aliphatic heterocycles. The number of nitrogens with two attached hydrogens (primary N) is 1. The first-order valence-corrected chi connectivity index (χ1v) is 8.00. The number of fused-ring (bicyclic) bond motifs is 1. The zero-order valence-corrected chi connectivity index (χ0v) is 14.8. The van der Waals surface area contributed by atoms with Crippen LogP contribution in [0.1, 0.15) is 37.5 Å². The minimum Gasteiger partial charge on any atom is -0.383 e. The van der Waals surface area contributed by atoms with Crippen LogP contribution in [-0.2, 0) is 5.54 Å². The molecule has 0 aliphatic rings. The van der Waals surface area contributed by atoms with Gasteiger partial charge in [0.25, 0.3) is 0 Å². The van der Waals surface area contributed by atoms with Crippen LogP contribution in [0.3, 0.4) is 0 Å². The van der Waals surface area contributed by atoms with E-state index in [0.717, 1.165) is 11.1 Å². The van der Waals surface area contributed by atoms with Crippen LogP contribution in [0.4, 0.5) is 5.82 Å². The van der Waals surface area contributed by atoms with Crippen molar-refractivity contribution in [1.29, 1.82) is 10.5 Å². The number of rotatable bonds is 1. The standard InChI is InChI=1S/C20H19N5/c1-12-6-5-7-13(8-12)16-15(10-22)18(23)24-19-17(16)14(9-21)11-25(19)20(2,3)4/h5-8,11H,1-4H3,(H2,23,24). The molecule has 2 aromatic heterocycles. The van der Waals surface area contributed by atoms with Crippen molar-refractivity contribution in [3.05, 3.63) is 47.2 Å². The molecule has 0 atom stereocenters. The SMILES string of the molecule is Cc1cccc(-c2c(C#N)c(N)nc3c2c(C#N)cn3C(C)(C)C)c1. The van der Waals surface area contributed by atoms with Gasteiger partial charge in [-0.15, -0.1) is 0 Å². The monoisotopic (exact) mass is 329 g/mol. The molecule has 0 aliphatic carbocycles. The van der Waals surface area contributed by atoms with Crippen molar-refractivity contribution >= 4 is 16.9 Å². The van der Waals surface area contributed by atoms with E-state index >= 15 is 0 Å². The maximum Gasteiger partial charge on any atom is 0.144 e. The Kier molecular flexibility index (Phi) is 3.74. The first-order valence-electron chi connectivity index (χ1n) is 8.00. The Morgan fingerprint density at radius 2 is 1.88 bits per heavy atom. The lowest BCUT2D eigenvalue weighted by atomic mass is 9.95. The Bertz CT molecular complexity index is 1070. The third-order valence-electron chi connectivity index (χ3n) is 4.22. The molecule has 25 heavy (non-hydrogen) atoms. The van der Waals surface area contributed by atoms with Gasteiger partial charge in [0.15, 0.2) is 0 Å². The van der Waals surface area contributed by atoms with E-state index in [0.29, 0.717) is 27.7 Å². The third kappa shape index (κ3) is 2.60. The molecule has 0 amide bonds. The number of aromatic nitrogens is 2. The molecular formula is C20H19N5. The summed E-state index contributed by atoms with van der Waals surface area (Å²) in [6, 6.07) is 12.3. The van der Waals surface area contributed by atoms with Crippen molar-refractivity contribution in [3.63, 3.8) is 0 Å². The average Bonchev–Trinajstić information content (AvgIpc) is 2.91. The molecule has 0 unspecified atom stereocenters. The summed E-state index contributed by atoms with van der Waals surface area (Å²) in [5.74, 6) is 0.180. The van der Waals surface area contributed by atoms with Gasteiger partial charge in [-0.1, -0.05) is 29.8 Å². The lowest BCUT2D eigenvalue weighted by molar-refractivity contribution is 0.408. The van der Waals surface area contributed by atoms with Gasteiger partial charge in [-0.2, -0.15) is 10.5 Å². The van der Waals surface area contributed by atoms with Crippen molar-refractivity contribution in [1.82, 2.24) is 9.55 Å². The number of hydrogen-bond acceptors (Lipinski definition) is 4. The van der Waals surface area contributed by atoms with E-state index in [1.807, 2.05) is 56.5 Å². The second-order valence-corrected chi connectivity index (χ2v) is 7.12. The number of pyridine rings is 1. The van der Waals surface area contributed by atoms with Crippen molar-refractivity contribution in [2.24, 2.45) is 0 Å². The highest BCUT2D eigenvalue weighted by Crippen LogP contribution is 2.38. The molecule has 5 heteroatoms. The zero-order chi connectivity index (χ0) is 18.4. The Morgan fingerprint density at radius 3 is 2.44 bits per heavy atom. The molecule has 1 aromatic carbocycles. The molecule has 124 valence electrons. The number of nitrogen functional groups attached to an aromatic ring is 1. The highest BCUT2D eigenvalue weighted by atomic mass is 15.1. The minimum atomic E-state index is -0.273. The predicted octanol–water partition coefficient (Wildman–Crippen LogP) is 4.09. The Labute approximate surface area is 146 Å². The molecular weight excluding hydrogens is 310 g/mol. The summed E-state index contributed by atoms with van der Waals surface area (Å²) in [5, 5.41) is 20.0. The van der Waals surface area contributed by atoms with Gasteiger partial charge >= 0.3 is 0 Å². The summed E-state index contributed by atoms with van der Waals surface area (Å²) in [4.78, 5) is 4.46. The normalized spacial score (nSPS) is 11.3. The number of benzene rings is 1. The average molecular weight is 329 g/mol. The Morgan fingerprint density at radius 1 is 1.16 bits per heavy atom. The molecule has 2 N–H and O–H groups in total. The first-order chi connectivity index (χ1) is 11.8. The van der Waals surface area contributed by atoms with Crippen LogP contribution in [0.15, 0.2) is 30.5 Å². The van der Waals surface area contributed by atoms with Gasteiger partial charge in [0, 0.05) is 22.7 Å². The van der Waals surface area contributed by atoms with Gasteiger partial charge in [0.1, 0.15) is 29.2 Å². The maximum absolute atomic E-state index is 9.67. The van der Waals surface area contributed by atoms with Gasteiger partial charge in [0.2, 0.25) is 0 Å². The molecule has 0 saturated heterocycles. The smallest absolute Gasteiger partial charge is 0.144 e. The van der Waals surface area contributed by atoms with Gasteiger partial charge in [-0.05, 0) is 33.3 Å². The minimum absolute atomic E-state index is 0.180. The van der Waals surface area contributed by atoms with Crippen LogP contribution >= 0.6 is 0 Å². The Balaban J connectivity index is 2.57. The fourth-order valence-electron chi connectivity index (χ4n) is 3.07. The van der Waals surface area contributed by atoms with Gasteiger partial charge in [-0.25, -0.2) is 4.98 Å². The van der Waals surface area contributed by atoms with Crippen molar-refractivity contribution in [3.8, 4) is 23.3 Å². The van der Waals surface area contributed by atoms with Crippen molar-refractivity contribution in [2.75, 3.05) is 5.73 Å². The van der Waals surface area contributed by atoms with Crippen LogP contribution in [0.25, 0.3) is 22.2 Å². The van der Waals surface area contributed by atoms with Crippen LogP contribution in [0.2, 0.25) is 0 Å². The van der Waals surface area contributed by atoms with Gasteiger partial charge < -0.3 is 10.3 Å². The highest BCUT2D eigenvalue weighted by molar-refractivity contribution is 6.02. The lowest BCUT2D eigenvalue weighted by Gasteiger charge is -2.22. The van der Waals surface area contributed by atoms with Gasteiger partial charge in [-0.3, -0.25) is 0 Å².